The second-order valence-electron chi connectivity index (χ2n) is 4.27. The third kappa shape index (κ3) is 3.17. The first-order valence-corrected chi connectivity index (χ1v) is 6.87. The predicted molar refractivity (Wildman–Crippen MR) is 80.5 cm³/mol. The lowest BCUT2D eigenvalue weighted by molar-refractivity contribution is 0.112. The topological polar surface area (TPSA) is 26.3 Å². The van der Waals surface area contributed by atoms with Gasteiger partial charge in [-0.15, -0.1) is 0 Å². The number of rotatable bonds is 3. The molecule has 2 nitrogen and oxygen atoms in total. The fourth-order valence-electron chi connectivity index (χ4n) is 1.86. The summed E-state index contributed by atoms with van der Waals surface area (Å²) in [5.74, 6) is 1.25. The van der Waals surface area contributed by atoms with Crippen molar-refractivity contribution in [3.05, 3.63) is 56.5 Å². The molecule has 0 aliphatic carbocycles. The summed E-state index contributed by atoms with van der Waals surface area (Å²) >= 11 is 9.36. The van der Waals surface area contributed by atoms with E-state index in [9.17, 15) is 4.79 Å². The van der Waals surface area contributed by atoms with Gasteiger partial charge in [0.15, 0.2) is 6.29 Å². The van der Waals surface area contributed by atoms with Crippen molar-refractivity contribution in [3.63, 3.8) is 0 Å². The number of aldehydes is 1. The average molecular weight is 340 g/mol. The number of carbonyl (C=O) groups excluding carboxylic acids is 1. The maximum atomic E-state index is 11.0. The van der Waals surface area contributed by atoms with Crippen LogP contribution in [-0.4, -0.2) is 6.29 Å². The molecule has 0 unspecified atom stereocenters. The third-order valence-electron chi connectivity index (χ3n) is 2.74. The molecule has 0 fully saturated rings. The number of halogens is 2. The van der Waals surface area contributed by atoms with Gasteiger partial charge in [0.2, 0.25) is 0 Å². The number of hydrogen-bond acceptors (Lipinski definition) is 2. The normalized spacial score (nSPS) is 10.3. The monoisotopic (exact) mass is 338 g/mol. The summed E-state index contributed by atoms with van der Waals surface area (Å²) in [6.45, 7) is 3.85. The Balaban J connectivity index is 2.47. The fourth-order valence-corrected chi connectivity index (χ4v) is 2.53. The number of ether oxygens (including phenoxy) is 1. The van der Waals surface area contributed by atoms with Crippen LogP contribution in [0.5, 0.6) is 11.5 Å². The fraction of sp³-hybridized carbons (Fsp3) is 0.133. The molecule has 0 atom stereocenters. The van der Waals surface area contributed by atoms with Crippen molar-refractivity contribution in [2.75, 3.05) is 0 Å². The minimum absolute atomic E-state index is 0.511. The molecule has 0 aliphatic heterocycles. The van der Waals surface area contributed by atoms with Gasteiger partial charge in [0.1, 0.15) is 11.5 Å². The van der Waals surface area contributed by atoms with E-state index in [1.165, 1.54) is 0 Å². The smallest absolute Gasteiger partial charge is 0.153 e. The Labute approximate surface area is 125 Å². The van der Waals surface area contributed by atoms with E-state index in [2.05, 4.69) is 15.9 Å². The molecule has 0 aromatic heterocycles. The van der Waals surface area contributed by atoms with Gasteiger partial charge in [-0.1, -0.05) is 27.5 Å². The quantitative estimate of drug-likeness (QED) is 0.707. The zero-order valence-corrected chi connectivity index (χ0v) is 12.9. The second-order valence-corrected chi connectivity index (χ2v) is 5.62. The Bertz CT molecular complexity index is 615. The average Bonchev–Trinajstić information content (AvgIpc) is 2.34. The Morgan fingerprint density at radius 2 is 1.79 bits per heavy atom. The molecule has 19 heavy (non-hydrogen) atoms. The van der Waals surface area contributed by atoms with Crippen LogP contribution in [0.3, 0.4) is 0 Å². The summed E-state index contributed by atoms with van der Waals surface area (Å²) in [6.07, 6.45) is 0.780. The highest BCUT2D eigenvalue weighted by atomic mass is 79.9. The van der Waals surface area contributed by atoms with Gasteiger partial charge in [-0.3, -0.25) is 4.79 Å². The molecule has 2 aromatic carbocycles. The second kappa shape index (κ2) is 5.76. The van der Waals surface area contributed by atoms with E-state index in [4.69, 9.17) is 16.3 Å². The molecule has 0 radical (unpaired) electrons. The number of benzene rings is 2. The number of carbonyl (C=O) groups is 1. The van der Waals surface area contributed by atoms with Gasteiger partial charge in [0.05, 0.1) is 5.56 Å². The summed E-state index contributed by atoms with van der Waals surface area (Å²) < 4.78 is 6.74. The molecule has 2 rings (SSSR count). The lowest BCUT2D eigenvalue weighted by atomic mass is 10.1. The standard InChI is InChI=1S/C15H12BrClO2/c1-9-5-13(17)6-10(2)15(9)19-14-7-12(16)4-3-11(14)8-18/h3-8H,1-2H3. The van der Waals surface area contributed by atoms with Crippen LogP contribution in [0.25, 0.3) is 0 Å². The largest absolute Gasteiger partial charge is 0.456 e. The van der Waals surface area contributed by atoms with Crippen LogP contribution in [-0.2, 0) is 0 Å². The molecule has 0 heterocycles. The summed E-state index contributed by atoms with van der Waals surface area (Å²) in [5.41, 5.74) is 2.38. The third-order valence-corrected chi connectivity index (χ3v) is 3.45. The van der Waals surface area contributed by atoms with Crippen LogP contribution in [0.2, 0.25) is 5.02 Å². The van der Waals surface area contributed by atoms with E-state index >= 15 is 0 Å². The first-order valence-electron chi connectivity index (χ1n) is 5.70. The zero-order valence-electron chi connectivity index (χ0n) is 10.5. The van der Waals surface area contributed by atoms with Gasteiger partial charge in [0.25, 0.3) is 0 Å². The van der Waals surface area contributed by atoms with Gasteiger partial charge < -0.3 is 4.74 Å². The lowest BCUT2D eigenvalue weighted by Gasteiger charge is -2.14. The van der Waals surface area contributed by atoms with Gasteiger partial charge in [-0.05, 0) is 55.3 Å². The minimum Gasteiger partial charge on any atom is -0.456 e. The van der Waals surface area contributed by atoms with Crippen molar-refractivity contribution in [3.8, 4) is 11.5 Å². The highest BCUT2D eigenvalue weighted by molar-refractivity contribution is 9.10. The number of aryl methyl sites for hydroxylation is 2. The molecule has 2 aromatic rings. The molecular formula is C15H12BrClO2. The molecule has 0 N–H and O–H groups in total. The van der Waals surface area contributed by atoms with Gasteiger partial charge in [0, 0.05) is 9.50 Å². The van der Waals surface area contributed by atoms with Crippen LogP contribution in [0.15, 0.2) is 34.8 Å². The van der Waals surface area contributed by atoms with E-state index < -0.39 is 0 Å². The predicted octanol–water partition coefficient (Wildman–Crippen LogP) is 5.32. The Morgan fingerprint density at radius 3 is 2.37 bits per heavy atom. The first kappa shape index (κ1) is 14.1. The molecule has 4 heteroatoms. The van der Waals surface area contributed by atoms with Crippen molar-refractivity contribution < 1.29 is 9.53 Å². The Kier molecular flexibility index (Phi) is 4.27. The van der Waals surface area contributed by atoms with E-state index in [-0.39, 0.29) is 0 Å². The first-order chi connectivity index (χ1) is 9.01. The number of hydrogen-bond donors (Lipinski definition) is 0. The minimum atomic E-state index is 0.511. The van der Waals surface area contributed by atoms with E-state index in [1.807, 2.05) is 26.0 Å². The van der Waals surface area contributed by atoms with Gasteiger partial charge in [-0.2, -0.15) is 0 Å². The van der Waals surface area contributed by atoms with Gasteiger partial charge in [-0.25, -0.2) is 0 Å². The summed E-state index contributed by atoms with van der Waals surface area (Å²) in [6, 6.07) is 8.97. The van der Waals surface area contributed by atoms with Crippen LogP contribution < -0.4 is 4.74 Å². The highest BCUT2D eigenvalue weighted by Gasteiger charge is 2.10. The molecule has 0 bridgehead atoms. The Morgan fingerprint density at radius 1 is 1.16 bits per heavy atom. The van der Waals surface area contributed by atoms with E-state index in [0.29, 0.717) is 16.3 Å². The van der Waals surface area contributed by atoms with Crippen LogP contribution >= 0.6 is 27.5 Å². The lowest BCUT2D eigenvalue weighted by Crippen LogP contribution is -1.95. The molecule has 0 saturated carbocycles. The summed E-state index contributed by atoms with van der Waals surface area (Å²) in [5, 5.41) is 0.673. The van der Waals surface area contributed by atoms with Crippen molar-refractivity contribution in [2.24, 2.45) is 0 Å². The van der Waals surface area contributed by atoms with E-state index in [1.54, 1.807) is 18.2 Å². The van der Waals surface area contributed by atoms with Crippen molar-refractivity contribution in [1.29, 1.82) is 0 Å². The zero-order chi connectivity index (χ0) is 14.0. The molecule has 98 valence electrons. The summed E-state index contributed by atoms with van der Waals surface area (Å²) in [4.78, 5) is 11.0. The van der Waals surface area contributed by atoms with Crippen LogP contribution in [0, 0.1) is 13.8 Å². The SMILES string of the molecule is Cc1cc(Cl)cc(C)c1Oc1cc(Br)ccc1C=O. The molecule has 0 spiro atoms. The maximum absolute atomic E-state index is 11.0. The maximum Gasteiger partial charge on any atom is 0.153 e. The Hall–Kier alpha value is -1.32. The van der Waals surface area contributed by atoms with Crippen molar-refractivity contribution in [1.82, 2.24) is 0 Å². The molecular weight excluding hydrogens is 328 g/mol. The summed E-state index contributed by atoms with van der Waals surface area (Å²) in [7, 11) is 0. The molecule has 0 saturated heterocycles. The van der Waals surface area contributed by atoms with Crippen LogP contribution in [0.1, 0.15) is 21.5 Å². The van der Waals surface area contributed by atoms with Gasteiger partial charge >= 0.3 is 0 Å². The van der Waals surface area contributed by atoms with Crippen LogP contribution in [0.4, 0.5) is 0 Å². The molecule has 0 amide bonds. The molecule has 0 aliphatic rings. The van der Waals surface area contributed by atoms with Crippen molar-refractivity contribution >= 4 is 33.8 Å². The highest BCUT2D eigenvalue weighted by Crippen LogP contribution is 2.33. The van der Waals surface area contributed by atoms with E-state index in [0.717, 1.165) is 27.6 Å². The van der Waals surface area contributed by atoms with Crippen molar-refractivity contribution in [2.45, 2.75) is 13.8 Å².